The van der Waals surface area contributed by atoms with Crippen LogP contribution in [0.3, 0.4) is 0 Å². The minimum absolute atomic E-state index is 0.692. The third kappa shape index (κ3) is 1.99. The van der Waals surface area contributed by atoms with Gasteiger partial charge in [-0.05, 0) is 54.2 Å². The van der Waals surface area contributed by atoms with Crippen molar-refractivity contribution < 1.29 is 0 Å². The summed E-state index contributed by atoms with van der Waals surface area (Å²) in [5, 5.41) is 3.72. The fourth-order valence-corrected chi connectivity index (χ4v) is 8.19. The van der Waals surface area contributed by atoms with Gasteiger partial charge in [-0.25, -0.2) is 10.0 Å². The van der Waals surface area contributed by atoms with Crippen molar-refractivity contribution in [2.75, 3.05) is 6.26 Å². The zero-order valence-electron chi connectivity index (χ0n) is 13.3. The molecule has 0 fully saturated rings. The molecule has 4 rings (SSSR count). The summed E-state index contributed by atoms with van der Waals surface area (Å²) in [5.41, 5.74) is 6.34. The van der Waals surface area contributed by atoms with Crippen molar-refractivity contribution in [3.05, 3.63) is 82.8 Å². The molecule has 0 amide bonds. The third-order valence-electron chi connectivity index (χ3n) is 5.74. The Morgan fingerprint density at radius 3 is 1.77 bits per heavy atom. The SMILES string of the molecule is C=CS(C)(C1CCc2ccccc21)C1CCc2ccccc21. The maximum Gasteiger partial charge on any atom is 0.0181 e. The van der Waals surface area contributed by atoms with Crippen LogP contribution >= 0.6 is 10.0 Å². The quantitative estimate of drug-likeness (QED) is 0.658. The first-order chi connectivity index (χ1) is 10.7. The van der Waals surface area contributed by atoms with Gasteiger partial charge in [-0.3, -0.25) is 0 Å². The van der Waals surface area contributed by atoms with Crippen molar-refractivity contribution in [1.29, 1.82) is 0 Å². The second-order valence-electron chi connectivity index (χ2n) is 6.73. The van der Waals surface area contributed by atoms with Crippen LogP contribution < -0.4 is 0 Å². The van der Waals surface area contributed by atoms with E-state index in [1.165, 1.54) is 25.7 Å². The third-order valence-corrected chi connectivity index (χ3v) is 9.89. The molecule has 2 atom stereocenters. The van der Waals surface area contributed by atoms with Crippen molar-refractivity contribution in [2.24, 2.45) is 0 Å². The van der Waals surface area contributed by atoms with Gasteiger partial charge >= 0.3 is 0 Å². The Bertz CT molecular complexity index is 660. The fraction of sp³-hybridized carbons (Fsp3) is 0.333. The molecule has 0 nitrogen and oxygen atoms in total. The molecule has 0 heterocycles. The maximum atomic E-state index is 4.30. The normalized spacial score (nSPS) is 26.8. The van der Waals surface area contributed by atoms with Crippen molar-refractivity contribution >= 4 is 10.0 Å². The van der Waals surface area contributed by atoms with Gasteiger partial charge in [0.15, 0.2) is 0 Å². The molecule has 0 aromatic heterocycles. The lowest BCUT2D eigenvalue weighted by molar-refractivity contribution is 0.836. The van der Waals surface area contributed by atoms with Gasteiger partial charge in [0.05, 0.1) is 0 Å². The molecule has 2 aromatic carbocycles. The summed E-state index contributed by atoms with van der Waals surface area (Å²) in [4.78, 5) is 0. The highest BCUT2D eigenvalue weighted by Crippen LogP contribution is 2.73. The average Bonchev–Trinajstić information content (AvgIpc) is 3.19. The Labute approximate surface area is 135 Å². The summed E-state index contributed by atoms with van der Waals surface area (Å²) in [6.07, 6.45) is 7.61. The lowest BCUT2D eigenvalue weighted by atomic mass is 10.1. The van der Waals surface area contributed by atoms with E-state index in [0.29, 0.717) is 10.5 Å². The topological polar surface area (TPSA) is 0 Å². The van der Waals surface area contributed by atoms with E-state index in [1.54, 1.807) is 22.3 Å². The highest BCUT2D eigenvalue weighted by Gasteiger charge is 2.41. The van der Waals surface area contributed by atoms with E-state index in [4.69, 9.17) is 0 Å². The van der Waals surface area contributed by atoms with E-state index in [0.717, 1.165) is 0 Å². The minimum Gasteiger partial charge on any atom is -0.211 e. The molecule has 114 valence electrons. The molecule has 0 saturated heterocycles. The van der Waals surface area contributed by atoms with E-state index in [1.807, 2.05) is 0 Å². The molecule has 2 aliphatic rings. The predicted octanol–water partition coefficient (Wildman–Crippen LogP) is 5.94. The highest BCUT2D eigenvalue weighted by molar-refractivity contribution is 8.35. The predicted molar refractivity (Wildman–Crippen MR) is 98.7 cm³/mol. The minimum atomic E-state index is -0.897. The molecule has 2 unspecified atom stereocenters. The van der Waals surface area contributed by atoms with Crippen LogP contribution in [0, 0.1) is 0 Å². The molecular weight excluding hydrogens is 284 g/mol. The number of hydrogen-bond acceptors (Lipinski definition) is 0. The van der Waals surface area contributed by atoms with Crippen molar-refractivity contribution in [3.63, 3.8) is 0 Å². The standard InChI is InChI=1S/C21H24S/c1-3-22(2,20-14-12-16-8-4-6-10-18(16)20)21-15-13-17-9-5-7-11-19(17)21/h3-11,20-21H,1,12-15H2,2H3. The van der Waals surface area contributed by atoms with Gasteiger partial charge in [0.2, 0.25) is 0 Å². The fourth-order valence-electron chi connectivity index (χ4n) is 4.52. The summed E-state index contributed by atoms with van der Waals surface area (Å²) in [5.74, 6) is 0. The molecule has 1 heteroatoms. The van der Waals surface area contributed by atoms with Gasteiger partial charge in [-0.1, -0.05) is 60.5 Å². The van der Waals surface area contributed by atoms with Crippen LogP contribution in [0.4, 0.5) is 0 Å². The van der Waals surface area contributed by atoms with E-state index >= 15 is 0 Å². The molecule has 2 aliphatic carbocycles. The first-order valence-electron chi connectivity index (χ1n) is 8.28. The van der Waals surface area contributed by atoms with Gasteiger partial charge in [-0.15, -0.1) is 0 Å². The Balaban J connectivity index is 1.78. The molecule has 0 aliphatic heterocycles. The zero-order chi connectivity index (χ0) is 15.2. The molecule has 0 bridgehead atoms. The molecule has 0 saturated carbocycles. The van der Waals surface area contributed by atoms with Gasteiger partial charge in [0, 0.05) is 10.5 Å². The second kappa shape index (κ2) is 5.31. The lowest BCUT2D eigenvalue weighted by Gasteiger charge is -2.45. The van der Waals surface area contributed by atoms with Crippen molar-refractivity contribution in [2.45, 2.75) is 36.2 Å². The molecule has 0 spiro atoms. The summed E-state index contributed by atoms with van der Waals surface area (Å²) in [6.45, 7) is 4.30. The molecule has 22 heavy (non-hydrogen) atoms. The molecular formula is C21H24S. The zero-order valence-corrected chi connectivity index (χ0v) is 14.1. The smallest absolute Gasteiger partial charge is 0.0181 e. The average molecular weight is 308 g/mol. The van der Waals surface area contributed by atoms with E-state index < -0.39 is 10.0 Å². The molecule has 0 N–H and O–H groups in total. The summed E-state index contributed by atoms with van der Waals surface area (Å²) in [6, 6.07) is 18.2. The highest BCUT2D eigenvalue weighted by atomic mass is 32.3. The van der Waals surface area contributed by atoms with Crippen LogP contribution in [0.5, 0.6) is 0 Å². The maximum absolute atomic E-state index is 4.30. The van der Waals surface area contributed by atoms with E-state index in [-0.39, 0.29) is 0 Å². The second-order valence-corrected chi connectivity index (χ2v) is 10.4. The number of hydrogen-bond donors (Lipinski definition) is 0. The van der Waals surface area contributed by atoms with Gasteiger partial charge in [0.25, 0.3) is 0 Å². The van der Waals surface area contributed by atoms with Crippen LogP contribution in [-0.2, 0) is 12.8 Å². The Morgan fingerprint density at radius 2 is 1.32 bits per heavy atom. The van der Waals surface area contributed by atoms with Gasteiger partial charge < -0.3 is 0 Å². The number of benzene rings is 2. The van der Waals surface area contributed by atoms with Crippen LogP contribution in [0.25, 0.3) is 0 Å². The first-order valence-corrected chi connectivity index (χ1v) is 10.5. The van der Waals surface area contributed by atoms with Crippen LogP contribution in [0.15, 0.2) is 60.5 Å². The Hall–Kier alpha value is -1.47. The van der Waals surface area contributed by atoms with Crippen molar-refractivity contribution in [3.8, 4) is 0 Å². The number of rotatable bonds is 3. The van der Waals surface area contributed by atoms with Crippen LogP contribution in [0.1, 0.15) is 45.6 Å². The largest absolute Gasteiger partial charge is 0.211 e. The molecule has 0 radical (unpaired) electrons. The number of fused-ring (bicyclic) bond motifs is 2. The van der Waals surface area contributed by atoms with Gasteiger partial charge in [-0.2, -0.15) is 0 Å². The molecule has 2 aromatic rings. The van der Waals surface area contributed by atoms with Crippen LogP contribution in [-0.4, -0.2) is 6.26 Å². The summed E-state index contributed by atoms with van der Waals surface area (Å²) in [7, 11) is -0.897. The Morgan fingerprint density at radius 1 is 0.864 bits per heavy atom. The van der Waals surface area contributed by atoms with E-state index in [2.05, 4.69) is 66.8 Å². The monoisotopic (exact) mass is 308 g/mol. The number of aryl methyl sites for hydroxylation is 2. The lowest BCUT2D eigenvalue weighted by Crippen LogP contribution is -2.12. The van der Waals surface area contributed by atoms with Crippen molar-refractivity contribution in [1.82, 2.24) is 0 Å². The van der Waals surface area contributed by atoms with Gasteiger partial charge in [0.1, 0.15) is 0 Å². The summed E-state index contributed by atoms with van der Waals surface area (Å²) < 4.78 is 0. The van der Waals surface area contributed by atoms with E-state index in [9.17, 15) is 0 Å². The Kier molecular flexibility index (Phi) is 3.41. The van der Waals surface area contributed by atoms with Crippen LogP contribution in [0.2, 0.25) is 0 Å². The summed E-state index contributed by atoms with van der Waals surface area (Å²) >= 11 is 0. The first kappa shape index (κ1) is 14.1.